The van der Waals surface area contributed by atoms with Gasteiger partial charge in [0.2, 0.25) is 5.91 Å². The Morgan fingerprint density at radius 3 is 2.82 bits per heavy atom. The van der Waals surface area contributed by atoms with E-state index >= 15 is 0 Å². The number of likely N-dealkylation sites (N-methyl/N-ethyl adjacent to an activating group) is 1. The molecule has 1 aromatic carbocycles. The number of aliphatic hydroxyl groups excluding tert-OH is 2. The van der Waals surface area contributed by atoms with Gasteiger partial charge >= 0.3 is 0 Å². The van der Waals surface area contributed by atoms with Gasteiger partial charge in [-0.3, -0.25) is 4.79 Å². The fourth-order valence-electron chi connectivity index (χ4n) is 2.52. The van der Waals surface area contributed by atoms with Gasteiger partial charge in [0.25, 0.3) is 0 Å². The number of rotatable bonds is 7. The number of carbonyl (C=O) groups excluding carboxylic acids is 1. The molecule has 0 saturated carbocycles. The summed E-state index contributed by atoms with van der Waals surface area (Å²) in [5, 5.41) is 18.2. The smallest absolute Gasteiger partial charge is 0.224 e. The number of carbonyl (C=O) groups is 1. The van der Waals surface area contributed by atoms with Crippen LogP contribution in [0.15, 0.2) is 24.3 Å². The molecule has 2 aromatic rings. The summed E-state index contributed by atoms with van der Waals surface area (Å²) in [6.45, 7) is 2.40. The highest BCUT2D eigenvalue weighted by Gasteiger charge is 2.15. The highest BCUT2D eigenvalue weighted by Crippen LogP contribution is 2.17. The Bertz CT molecular complexity index is 639. The molecule has 0 spiro atoms. The summed E-state index contributed by atoms with van der Waals surface area (Å²) in [5.41, 5.74) is 1.97. The van der Waals surface area contributed by atoms with Crippen LogP contribution < -0.4 is 0 Å². The number of aryl methyl sites for hydroxylation is 2. The Balaban J connectivity index is 2.06. The van der Waals surface area contributed by atoms with Crippen LogP contribution in [0.5, 0.6) is 0 Å². The Labute approximate surface area is 130 Å². The molecule has 0 fully saturated rings. The average molecular weight is 305 g/mol. The number of fused-ring (bicyclic) bond motifs is 1. The first-order valence-corrected chi connectivity index (χ1v) is 7.53. The van der Waals surface area contributed by atoms with Crippen molar-refractivity contribution in [3.8, 4) is 0 Å². The third-order valence-electron chi connectivity index (χ3n) is 3.72. The van der Waals surface area contributed by atoms with Crippen molar-refractivity contribution in [3.63, 3.8) is 0 Å². The van der Waals surface area contributed by atoms with Gasteiger partial charge in [0.1, 0.15) is 5.82 Å². The molecular formula is C16H23N3O3. The van der Waals surface area contributed by atoms with E-state index in [1.807, 2.05) is 31.2 Å². The predicted octanol–water partition coefficient (Wildman–Crippen LogP) is 0.800. The van der Waals surface area contributed by atoms with Crippen LogP contribution in [0, 0.1) is 0 Å². The summed E-state index contributed by atoms with van der Waals surface area (Å²) in [6.07, 6.45) is 0.249. The van der Waals surface area contributed by atoms with Crippen LogP contribution in [0.3, 0.4) is 0 Å². The van der Waals surface area contributed by atoms with Gasteiger partial charge in [0.15, 0.2) is 0 Å². The zero-order valence-corrected chi connectivity index (χ0v) is 13.1. The fraction of sp³-hybridized carbons (Fsp3) is 0.500. The molecule has 0 aliphatic heterocycles. The van der Waals surface area contributed by atoms with E-state index in [1.54, 1.807) is 7.05 Å². The molecular weight excluding hydrogens is 282 g/mol. The van der Waals surface area contributed by atoms with Crippen LogP contribution >= 0.6 is 0 Å². The first kappa shape index (κ1) is 16.5. The monoisotopic (exact) mass is 305 g/mol. The normalized spacial score (nSPS) is 12.5. The molecule has 0 bridgehead atoms. The van der Waals surface area contributed by atoms with E-state index < -0.39 is 6.10 Å². The van der Waals surface area contributed by atoms with Gasteiger partial charge in [-0.2, -0.15) is 0 Å². The van der Waals surface area contributed by atoms with Crippen molar-refractivity contribution in [1.29, 1.82) is 0 Å². The number of imidazole rings is 1. The minimum atomic E-state index is -0.894. The molecule has 1 aromatic heterocycles. The van der Waals surface area contributed by atoms with E-state index in [0.29, 0.717) is 13.0 Å². The molecule has 0 unspecified atom stereocenters. The lowest BCUT2D eigenvalue weighted by Crippen LogP contribution is -2.36. The van der Waals surface area contributed by atoms with Crippen LogP contribution in [0.4, 0.5) is 0 Å². The third-order valence-corrected chi connectivity index (χ3v) is 3.72. The number of aliphatic hydroxyl groups is 2. The van der Waals surface area contributed by atoms with Gasteiger partial charge in [0, 0.05) is 33.0 Å². The highest BCUT2D eigenvalue weighted by molar-refractivity contribution is 5.78. The molecule has 6 heteroatoms. The van der Waals surface area contributed by atoms with Crippen LogP contribution in [0.1, 0.15) is 19.2 Å². The van der Waals surface area contributed by atoms with E-state index in [1.165, 1.54) is 4.90 Å². The number of nitrogens with zero attached hydrogens (tertiary/aromatic N) is 3. The highest BCUT2D eigenvalue weighted by atomic mass is 16.3. The largest absolute Gasteiger partial charge is 0.394 e. The van der Waals surface area contributed by atoms with E-state index in [2.05, 4.69) is 9.55 Å². The number of hydrogen-bond acceptors (Lipinski definition) is 4. The van der Waals surface area contributed by atoms with Crippen molar-refractivity contribution < 1.29 is 15.0 Å². The molecule has 2 rings (SSSR count). The van der Waals surface area contributed by atoms with Crippen molar-refractivity contribution >= 4 is 16.9 Å². The van der Waals surface area contributed by atoms with E-state index in [9.17, 15) is 9.90 Å². The molecule has 6 nitrogen and oxygen atoms in total. The zero-order valence-electron chi connectivity index (χ0n) is 13.1. The average Bonchev–Trinajstić information content (AvgIpc) is 2.90. The summed E-state index contributed by atoms with van der Waals surface area (Å²) in [6, 6.07) is 7.89. The van der Waals surface area contributed by atoms with Gasteiger partial charge in [-0.1, -0.05) is 19.1 Å². The molecule has 1 atom stereocenters. The van der Waals surface area contributed by atoms with E-state index in [0.717, 1.165) is 23.3 Å². The Morgan fingerprint density at radius 1 is 1.41 bits per heavy atom. The topological polar surface area (TPSA) is 78.6 Å². The molecule has 2 N–H and O–H groups in total. The van der Waals surface area contributed by atoms with Gasteiger partial charge in [-0.15, -0.1) is 0 Å². The van der Waals surface area contributed by atoms with Crippen molar-refractivity contribution in [2.75, 3.05) is 20.2 Å². The number of aromatic nitrogens is 2. The molecule has 0 saturated heterocycles. The number of benzene rings is 1. The maximum atomic E-state index is 12.1. The molecule has 1 heterocycles. The third kappa shape index (κ3) is 3.64. The number of hydrogen-bond donors (Lipinski definition) is 2. The summed E-state index contributed by atoms with van der Waals surface area (Å²) >= 11 is 0. The van der Waals surface area contributed by atoms with Crippen LogP contribution in [-0.4, -0.2) is 56.9 Å². The van der Waals surface area contributed by atoms with Crippen molar-refractivity contribution in [2.24, 2.45) is 0 Å². The maximum absolute atomic E-state index is 12.1. The van der Waals surface area contributed by atoms with Crippen LogP contribution in [-0.2, 0) is 17.8 Å². The molecule has 120 valence electrons. The first-order valence-electron chi connectivity index (χ1n) is 7.53. The van der Waals surface area contributed by atoms with Gasteiger partial charge in [0.05, 0.1) is 23.7 Å². The lowest BCUT2D eigenvalue weighted by atomic mass is 10.3. The number of amides is 1. The second kappa shape index (κ2) is 7.38. The zero-order chi connectivity index (χ0) is 16.1. The fourth-order valence-corrected chi connectivity index (χ4v) is 2.52. The minimum absolute atomic E-state index is 0.0627. The van der Waals surface area contributed by atoms with Gasteiger partial charge in [-0.05, 0) is 12.1 Å². The lowest BCUT2D eigenvalue weighted by Gasteiger charge is -2.20. The second-order valence-electron chi connectivity index (χ2n) is 5.38. The predicted molar refractivity (Wildman–Crippen MR) is 84.5 cm³/mol. The Morgan fingerprint density at radius 2 is 2.14 bits per heavy atom. The van der Waals surface area contributed by atoms with Crippen LogP contribution in [0.25, 0.3) is 11.0 Å². The quantitative estimate of drug-likeness (QED) is 0.793. The summed E-state index contributed by atoms with van der Waals surface area (Å²) < 4.78 is 2.07. The van der Waals surface area contributed by atoms with Crippen molar-refractivity contribution in [2.45, 2.75) is 32.4 Å². The number of para-hydroxylation sites is 2. The maximum Gasteiger partial charge on any atom is 0.224 e. The molecule has 1 amide bonds. The molecule has 22 heavy (non-hydrogen) atoms. The van der Waals surface area contributed by atoms with Gasteiger partial charge < -0.3 is 19.7 Å². The van der Waals surface area contributed by atoms with Crippen LogP contribution in [0.2, 0.25) is 0 Å². The summed E-state index contributed by atoms with van der Waals surface area (Å²) in [4.78, 5) is 18.2. The standard InChI is InChI=1S/C16H23N3O3/c1-3-15-17-13-6-4-5-7-14(13)19(15)9-8-16(22)18(2)10-12(21)11-20/h4-7,12,20-21H,3,8-11H2,1-2H3/t12-/m0/s1. The van der Waals surface area contributed by atoms with Gasteiger partial charge in [-0.25, -0.2) is 4.98 Å². The Kier molecular flexibility index (Phi) is 5.51. The van der Waals surface area contributed by atoms with E-state index in [4.69, 9.17) is 5.11 Å². The molecule has 0 aliphatic rings. The summed E-state index contributed by atoms with van der Waals surface area (Å²) in [5.74, 6) is 0.902. The first-order chi connectivity index (χ1) is 10.6. The minimum Gasteiger partial charge on any atom is -0.394 e. The SMILES string of the molecule is CCc1nc2ccccc2n1CCC(=O)N(C)C[C@H](O)CO. The second-order valence-corrected chi connectivity index (χ2v) is 5.38. The molecule has 0 radical (unpaired) electrons. The van der Waals surface area contributed by atoms with Crippen molar-refractivity contribution in [3.05, 3.63) is 30.1 Å². The molecule has 0 aliphatic carbocycles. The Hall–Kier alpha value is -1.92. The van der Waals surface area contributed by atoms with E-state index in [-0.39, 0.29) is 19.1 Å². The summed E-state index contributed by atoms with van der Waals surface area (Å²) in [7, 11) is 1.63. The lowest BCUT2D eigenvalue weighted by molar-refractivity contribution is -0.131. The van der Waals surface area contributed by atoms with Crippen molar-refractivity contribution in [1.82, 2.24) is 14.5 Å².